The number of halogens is 2. The van der Waals surface area contributed by atoms with Crippen molar-refractivity contribution in [3.63, 3.8) is 0 Å². The van der Waals surface area contributed by atoms with Crippen molar-refractivity contribution in [2.24, 2.45) is 5.92 Å². The average Bonchev–Trinajstić information content (AvgIpc) is 2.83. The van der Waals surface area contributed by atoms with E-state index in [1.54, 1.807) is 0 Å². The lowest BCUT2D eigenvalue weighted by atomic mass is 10.0. The monoisotopic (exact) mass is 274 g/mol. The molecule has 1 saturated carbocycles. The van der Waals surface area contributed by atoms with Crippen LogP contribution in [0.4, 0.5) is 0 Å². The molecule has 0 saturated heterocycles. The maximum absolute atomic E-state index is 10.3. The summed E-state index contributed by atoms with van der Waals surface area (Å²) < 4.78 is 0.854. The minimum absolute atomic E-state index is 0.370. The highest BCUT2D eigenvalue weighted by atomic mass is 79.9. The smallest absolute Gasteiger partial charge is 0.0944 e. The van der Waals surface area contributed by atoms with E-state index in [1.165, 1.54) is 0 Å². The normalized spacial score (nSPS) is 30.4. The summed E-state index contributed by atoms with van der Waals surface area (Å²) in [6.07, 6.45) is 1.83. The zero-order valence-electron chi connectivity index (χ0n) is 7.93. The van der Waals surface area contributed by atoms with Gasteiger partial charge in [-0.15, -0.1) is 0 Å². The maximum Gasteiger partial charge on any atom is 0.0944 e. The molecule has 1 aliphatic rings. The number of hydrogen-bond donors (Lipinski definition) is 1. The second-order valence-corrected chi connectivity index (χ2v) is 5.07. The van der Waals surface area contributed by atoms with Gasteiger partial charge in [0.15, 0.2) is 0 Å². The Morgan fingerprint density at radius 3 is 2.93 bits per heavy atom. The summed E-state index contributed by atoms with van der Waals surface area (Å²) in [5.41, 5.74) is 0.190. The quantitative estimate of drug-likeness (QED) is 0.872. The Morgan fingerprint density at radius 1 is 1.64 bits per heavy atom. The summed E-state index contributed by atoms with van der Waals surface area (Å²) in [5, 5.41) is 10.9. The van der Waals surface area contributed by atoms with Crippen molar-refractivity contribution in [1.29, 1.82) is 0 Å². The van der Waals surface area contributed by atoms with Crippen molar-refractivity contribution in [2.45, 2.75) is 25.4 Å². The second kappa shape index (κ2) is 3.51. The van der Waals surface area contributed by atoms with E-state index in [-0.39, 0.29) is 0 Å². The van der Waals surface area contributed by atoms with Gasteiger partial charge in [0, 0.05) is 10.0 Å². The van der Waals surface area contributed by atoms with Crippen molar-refractivity contribution in [3.8, 4) is 0 Å². The molecular weight excluding hydrogens is 263 g/mol. The first-order valence-corrected chi connectivity index (χ1v) is 5.93. The standard InChI is InChI=1S/C11H12BrClO/c1-2-7-6-11(7,14)8-4-3-5-9(12)10(8)13/h3-5,7,14H,2,6H2,1H3. The van der Waals surface area contributed by atoms with E-state index in [0.717, 1.165) is 22.9 Å². The summed E-state index contributed by atoms with van der Waals surface area (Å²) in [5.74, 6) is 0.370. The molecule has 1 fully saturated rings. The molecule has 76 valence electrons. The minimum Gasteiger partial charge on any atom is -0.385 e. The third-order valence-electron chi connectivity index (χ3n) is 2.98. The maximum atomic E-state index is 10.3. The van der Waals surface area contributed by atoms with Gasteiger partial charge >= 0.3 is 0 Å². The highest BCUT2D eigenvalue weighted by Crippen LogP contribution is 2.55. The molecule has 2 unspecified atom stereocenters. The Morgan fingerprint density at radius 2 is 2.36 bits per heavy atom. The average molecular weight is 276 g/mol. The van der Waals surface area contributed by atoms with E-state index >= 15 is 0 Å². The highest BCUT2D eigenvalue weighted by Gasteiger charge is 2.53. The molecule has 14 heavy (non-hydrogen) atoms. The van der Waals surface area contributed by atoms with E-state index in [0.29, 0.717) is 10.9 Å². The van der Waals surface area contributed by atoms with Gasteiger partial charge in [-0.25, -0.2) is 0 Å². The lowest BCUT2D eigenvalue weighted by Gasteiger charge is -2.13. The van der Waals surface area contributed by atoms with E-state index in [4.69, 9.17) is 11.6 Å². The predicted molar refractivity (Wildman–Crippen MR) is 61.4 cm³/mol. The molecule has 1 N–H and O–H groups in total. The Bertz CT molecular complexity index is 366. The van der Waals surface area contributed by atoms with Crippen molar-refractivity contribution >= 4 is 27.5 Å². The molecule has 1 aliphatic carbocycles. The molecule has 0 amide bonds. The zero-order valence-corrected chi connectivity index (χ0v) is 10.3. The van der Waals surface area contributed by atoms with Crippen LogP contribution in [0.2, 0.25) is 5.02 Å². The van der Waals surface area contributed by atoms with Gasteiger partial charge in [-0.1, -0.05) is 37.1 Å². The molecule has 0 aliphatic heterocycles. The Kier molecular flexibility index (Phi) is 2.63. The van der Waals surface area contributed by atoms with Crippen LogP contribution in [0.5, 0.6) is 0 Å². The summed E-state index contributed by atoms with van der Waals surface area (Å²) in [7, 11) is 0. The predicted octanol–water partition coefficient (Wildman–Crippen LogP) is 3.72. The third kappa shape index (κ3) is 1.50. The lowest BCUT2D eigenvalue weighted by Crippen LogP contribution is -2.09. The van der Waals surface area contributed by atoms with Crippen molar-refractivity contribution in [1.82, 2.24) is 0 Å². The molecule has 1 nitrogen and oxygen atoms in total. The molecule has 0 spiro atoms. The Balaban J connectivity index is 2.39. The van der Waals surface area contributed by atoms with Crippen molar-refractivity contribution < 1.29 is 5.11 Å². The number of aliphatic hydroxyl groups is 1. The van der Waals surface area contributed by atoms with Gasteiger partial charge in [-0.3, -0.25) is 0 Å². The molecule has 0 bridgehead atoms. The molecule has 1 aromatic rings. The topological polar surface area (TPSA) is 20.2 Å². The van der Waals surface area contributed by atoms with Crippen molar-refractivity contribution in [3.05, 3.63) is 33.3 Å². The van der Waals surface area contributed by atoms with Crippen LogP contribution in [0.1, 0.15) is 25.3 Å². The fourth-order valence-electron chi connectivity index (χ4n) is 1.97. The first kappa shape index (κ1) is 10.5. The zero-order chi connectivity index (χ0) is 10.3. The molecule has 3 heteroatoms. The van der Waals surface area contributed by atoms with Crippen LogP contribution >= 0.6 is 27.5 Å². The highest BCUT2D eigenvalue weighted by molar-refractivity contribution is 9.10. The largest absolute Gasteiger partial charge is 0.385 e. The van der Waals surface area contributed by atoms with Crippen LogP contribution < -0.4 is 0 Å². The first-order valence-electron chi connectivity index (χ1n) is 4.76. The second-order valence-electron chi connectivity index (χ2n) is 3.83. The van der Waals surface area contributed by atoms with E-state index in [2.05, 4.69) is 22.9 Å². The van der Waals surface area contributed by atoms with Crippen LogP contribution in [0.15, 0.2) is 22.7 Å². The lowest BCUT2D eigenvalue weighted by molar-refractivity contribution is 0.130. The fourth-order valence-corrected chi connectivity index (χ4v) is 2.62. The summed E-state index contributed by atoms with van der Waals surface area (Å²) >= 11 is 9.50. The van der Waals surface area contributed by atoms with Gasteiger partial charge in [0.25, 0.3) is 0 Å². The number of hydrogen-bond acceptors (Lipinski definition) is 1. The van der Waals surface area contributed by atoms with Crippen LogP contribution in [0.25, 0.3) is 0 Å². The SMILES string of the molecule is CCC1CC1(O)c1cccc(Br)c1Cl. The van der Waals surface area contributed by atoms with Crippen LogP contribution in [-0.2, 0) is 5.60 Å². The van der Waals surface area contributed by atoms with Crippen LogP contribution in [-0.4, -0.2) is 5.11 Å². The molecule has 0 aromatic heterocycles. The van der Waals surface area contributed by atoms with E-state index in [1.807, 2.05) is 18.2 Å². The van der Waals surface area contributed by atoms with E-state index in [9.17, 15) is 5.11 Å². The summed E-state index contributed by atoms with van der Waals surface area (Å²) in [6, 6.07) is 5.70. The van der Waals surface area contributed by atoms with Crippen LogP contribution in [0.3, 0.4) is 0 Å². The van der Waals surface area contributed by atoms with E-state index < -0.39 is 5.60 Å². The molecular formula is C11H12BrClO. The van der Waals surface area contributed by atoms with Gasteiger partial charge in [-0.2, -0.15) is 0 Å². The Hall–Kier alpha value is -0.0500. The van der Waals surface area contributed by atoms with Gasteiger partial charge in [0.05, 0.1) is 10.6 Å². The number of rotatable bonds is 2. The summed E-state index contributed by atoms with van der Waals surface area (Å²) in [6.45, 7) is 2.09. The molecule has 2 atom stereocenters. The Labute approximate surface area is 97.2 Å². The van der Waals surface area contributed by atoms with Crippen LogP contribution in [0, 0.1) is 5.92 Å². The van der Waals surface area contributed by atoms with Gasteiger partial charge in [0.2, 0.25) is 0 Å². The minimum atomic E-state index is -0.671. The molecule has 1 aromatic carbocycles. The fraction of sp³-hybridized carbons (Fsp3) is 0.455. The third-order valence-corrected chi connectivity index (χ3v) is 4.28. The molecule has 2 rings (SSSR count). The first-order chi connectivity index (χ1) is 6.59. The van der Waals surface area contributed by atoms with Gasteiger partial charge in [0.1, 0.15) is 0 Å². The molecule has 0 radical (unpaired) electrons. The van der Waals surface area contributed by atoms with Gasteiger partial charge in [-0.05, 0) is 34.3 Å². The summed E-state index contributed by atoms with van der Waals surface area (Å²) in [4.78, 5) is 0. The number of benzene rings is 1. The van der Waals surface area contributed by atoms with Gasteiger partial charge < -0.3 is 5.11 Å². The van der Waals surface area contributed by atoms with Crippen molar-refractivity contribution in [2.75, 3.05) is 0 Å². The molecule has 0 heterocycles.